The van der Waals surface area contributed by atoms with Gasteiger partial charge < -0.3 is 5.73 Å². The standard InChI is InChI=1S/C7H10N2.2ClH/c8-5-4-7-3-1-2-6-9-7;;/h1-3,6H,4-5,8H2;2*1H. The van der Waals surface area contributed by atoms with Crippen molar-refractivity contribution >= 4 is 24.8 Å². The monoisotopic (exact) mass is 194 g/mol. The molecule has 4 heteroatoms. The Labute approximate surface area is 79.0 Å². The first-order valence-electron chi connectivity index (χ1n) is 3.03. The van der Waals surface area contributed by atoms with Crippen LogP contribution in [0.3, 0.4) is 0 Å². The molecule has 2 N–H and O–H groups in total. The lowest BCUT2D eigenvalue weighted by molar-refractivity contribution is 0.923. The number of nitrogens with zero attached hydrogens (tertiary/aromatic N) is 1. The molecule has 2 nitrogen and oxygen atoms in total. The molecule has 1 aromatic rings. The largest absolute Gasteiger partial charge is 0.330 e. The van der Waals surface area contributed by atoms with Crippen LogP contribution in [0.15, 0.2) is 24.4 Å². The van der Waals surface area contributed by atoms with E-state index in [1.165, 1.54) is 0 Å². The number of hydrogen-bond donors (Lipinski definition) is 1. The molecule has 0 aliphatic carbocycles. The van der Waals surface area contributed by atoms with Gasteiger partial charge in [-0.15, -0.1) is 24.8 Å². The number of nitrogens with two attached hydrogens (primary N) is 1. The smallest absolute Gasteiger partial charge is 0.0416 e. The van der Waals surface area contributed by atoms with Gasteiger partial charge in [0.15, 0.2) is 0 Å². The van der Waals surface area contributed by atoms with E-state index in [1.54, 1.807) is 6.20 Å². The molecule has 1 heterocycles. The Morgan fingerprint density at radius 1 is 1.27 bits per heavy atom. The predicted octanol–water partition coefficient (Wildman–Crippen LogP) is 1.43. The lowest BCUT2D eigenvalue weighted by Crippen LogP contribution is -2.03. The van der Waals surface area contributed by atoms with E-state index in [0.29, 0.717) is 6.54 Å². The van der Waals surface area contributed by atoms with Crippen LogP contribution in [-0.2, 0) is 6.42 Å². The molecule has 0 unspecified atom stereocenters. The number of halogens is 2. The highest BCUT2D eigenvalue weighted by molar-refractivity contribution is 5.85. The van der Waals surface area contributed by atoms with Crippen molar-refractivity contribution in [2.45, 2.75) is 6.42 Å². The molecule has 0 aliphatic heterocycles. The molecule has 0 radical (unpaired) electrons. The number of aromatic nitrogens is 1. The van der Waals surface area contributed by atoms with Crippen molar-refractivity contribution in [1.29, 1.82) is 0 Å². The van der Waals surface area contributed by atoms with E-state index in [2.05, 4.69) is 4.98 Å². The molecular weight excluding hydrogens is 183 g/mol. The molecule has 1 aromatic heterocycles. The Hall–Kier alpha value is -0.310. The van der Waals surface area contributed by atoms with Crippen molar-refractivity contribution in [3.05, 3.63) is 30.1 Å². The first-order chi connectivity index (χ1) is 4.43. The van der Waals surface area contributed by atoms with Gasteiger partial charge in [0.25, 0.3) is 0 Å². The molecule has 0 fully saturated rings. The lowest BCUT2D eigenvalue weighted by atomic mass is 10.3. The first-order valence-corrected chi connectivity index (χ1v) is 3.03. The minimum Gasteiger partial charge on any atom is -0.330 e. The summed E-state index contributed by atoms with van der Waals surface area (Å²) in [7, 11) is 0. The molecule has 0 spiro atoms. The van der Waals surface area contributed by atoms with Crippen molar-refractivity contribution in [2.24, 2.45) is 5.73 Å². The van der Waals surface area contributed by atoms with E-state index in [1.807, 2.05) is 18.2 Å². The average Bonchev–Trinajstić information content (AvgIpc) is 1.91. The van der Waals surface area contributed by atoms with E-state index in [0.717, 1.165) is 12.1 Å². The van der Waals surface area contributed by atoms with Gasteiger partial charge in [-0.1, -0.05) is 6.07 Å². The van der Waals surface area contributed by atoms with Crippen molar-refractivity contribution < 1.29 is 0 Å². The normalized spacial score (nSPS) is 7.73. The summed E-state index contributed by atoms with van der Waals surface area (Å²) in [6.07, 6.45) is 2.66. The Bertz CT molecular complexity index is 167. The highest BCUT2D eigenvalue weighted by Gasteiger charge is 1.86. The Balaban J connectivity index is 0. The zero-order chi connectivity index (χ0) is 6.53. The second-order valence-corrected chi connectivity index (χ2v) is 1.86. The van der Waals surface area contributed by atoms with Crippen LogP contribution in [-0.4, -0.2) is 11.5 Å². The van der Waals surface area contributed by atoms with Gasteiger partial charge in [0.05, 0.1) is 0 Å². The molecule has 64 valence electrons. The van der Waals surface area contributed by atoms with Gasteiger partial charge in [-0.3, -0.25) is 4.98 Å². The van der Waals surface area contributed by atoms with E-state index in [-0.39, 0.29) is 24.8 Å². The highest BCUT2D eigenvalue weighted by atomic mass is 35.5. The summed E-state index contributed by atoms with van der Waals surface area (Å²) in [6, 6.07) is 5.85. The first kappa shape index (κ1) is 13.3. The zero-order valence-electron chi connectivity index (χ0n) is 6.06. The fourth-order valence-electron chi connectivity index (χ4n) is 0.694. The van der Waals surface area contributed by atoms with Crippen LogP contribution >= 0.6 is 24.8 Å². The molecule has 1 rings (SSSR count). The van der Waals surface area contributed by atoms with Gasteiger partial charge in [0.1, 0.15) is 0 Å². The summed E-state index contributed by atoms with van der Waals surface area (Å²) in [4.78, 5) is 4.09. The summed E-state index contributed by atoms with van der Waals surface area (Å²) in [5, 5.41) is 0. The van der Waals surface area contributed by atoms with Crippen LogP contribution in [0.4, 0.5) is 0 Å². The minimum absolute atomic E-state index is 0. The van der Waals surface area contributed by atoms with Gasteiger partial charge in [0.2, 0.25) is 0 Å². The van der Waals surface area contributed by atoms with Crippen LogP contribution < -0.4 is 5.73 Å². The maximum Gasteiger partial charge on any atom is 0.0416 e. The maximum absolute atomic E-state index is 5.32. The van der Waals surface area contributed by atoms with Gasteiger partial charge in [0, 0.05) is 18.3 Å². The summed E-state index contributed by atoms with van der Waals surface area (Å²) in [5.41, 5.74) is 6.39. The summed E-state index contributed by atoms with van der Waals surface area (Å²) in [5.74, 6) is 0. The van der Waals surface area contributed by atoms with Gasteiger partial charge in [-0.05, 0) is 18.7 Å². The second kappa shape index (κ2) is 7.79. The quantitative estimate of drug-likeness (QED) is 0.775. The minimum atomic E-state index is 0. The highest BCUT2D eigenvalue weighted by Crippen LogP contribution is 1.91. The molecule has 0 amide bonds. The molecule has 11 heavy (non-hydrogen) atoms. The number of hydrogen-bond acceptors (Lipinski definition) is 2. The van der Waals surface area contributed by atoms with Crippen LogP contribution in [0.2, 0.25) is 0 Å². The van der Waals surface area contributed by atoms with Gasteiger partial charge in [-0.2, -0.15) is 0 Å². The van der Waals surface area contributed by atoms with Crippen molar-refractivity contribution in [3.63, 3.8) is 0 Å². The Morgan fingerprint density at radius 3 is 2.45 bits per heavy atom. The van der Waals surface area contributed by atoms with Gasteiger partial charge >= 0.3 is 0 Å². The second-order valence-electron chi connectivity index (χ2n) is 1.86. The molecular formula is C7H12Cl2N2. The molecule has 0 aromatic carbocycles. The Morgan fingerprint density at radius 2 is 2.00 bits per heavy atom. The third-order valence-electron chi connectivity index (χ3n) is 1.13. The van der Waals surface area contributed by atoms with Crippen LogP contribution in [0.25, 0.3) is 0 Å². The summed E-state index contributed by atoms with van der Waals surface area (Å²) < 4.78 is 0. The predicted molar refractivity (Wildman–Crippen MR) is 51.5 cm³/mol. The number of pyridine rings is 1. The Kier molecular flexibility index (Phi) is 9.42. The molecule has 0 saturated heterocycles. The van der Waals surface area contributed by atoms with E-state index >= 15 is 0 Å². The fourth-order valence-corrected chi connectivity index (χ4v) is 0.694. The van der Waals surface area contributed by atoms with E-state index < -0.39 is 0 Å². The summed E-state index contributed by atoms with van der Waals surface area (Å²) in [6.45, 7) is 0.678. The van der Waals surface area contributed by atoms with Crippen LogP contribution in [0, 0.1) is 0 Å². The van der Waals surface area contributed by atoms with Crippen molar-refractivity contribution in [2.75, 3.05) is 6.54 Å². The topological polar surface area (TPSA) is 38.9 Å². The third kappa shape index (κ3) is 5.01. The zero-order valence-corrected chi connectivity index (χ0v) is 7.70. The third-order valence-corrected chi connectivity index (χ3v) is 1.13. The van der Waals surface area contributed by atoms with Crippen LogP contribution in [0.1, 0.15) is 5.69 Å². The van der Waals surface area contributed by atoms with Gasteiger partial charge in [-0.25, -0.2) is 0 Å². The molecule has 0 saturated carbocycles. The lowest BCUT2D eigenvalue weighted by Gasteiger charge is -1.92. The maximum atomic E-state index is 5.32. The molecule has 0 bridgehead atoms. The average molecular weight is 195 g/mol. The fraction of sp³-hybridized carbons (Fsp3) is 0.286. The molecule has 0 aliphatic rings. The SMILES string of the molecule is Cl.Cl.NCCc1ccccn1. The van der Waals surface area contributed by atoms with Crippen molar-refractivity contribution in [3.8, 4) is 0 Å². The van der Waals surface area contributed by atoms with E-state index in [9.17, 15) is 0 Å². The molecule has 0 atom stereocenters. The summed E-state index contributed by atoms with van der Waals surface area (Å²) >= 11 is 0. The van der Waals surface area contributed by atoms with Crippen LogP contribution in [0.5, 0.6) is 0 Å². The van der Waals surface area contributed by atoms with Crippen molar-refractivity contribution in [1.82, 2.24) is 4.98 Å². The number of rotatable bonds is 2. The van der Waals surface area contributed by atoms with E-state index in [4.69, 9.17) is 5.73 Å².